The van der Waals surface area contributed by atoms with Crippen LogP contribution in [0.3, 0.4) is 0 Å². The van der Waals surface area contributed by atoms with Gasteiger partial charge in [0.1, 0.15) is 5.52 Å². The van der Waals surface area contributed by atoms with Gasteiger partial charge in [0.2, 0.25) is 0 Å². The summed E-state index contributed by atoms with van der Waals surface area (Å²) in [7, 11) is 2.20. The Kier molecular flexibility index (Phi) is 4.83. The van der Waals surface area contributed by atoms with E-state index in [0.717, 1.165) is 18.4 Å². The first kappa shape index (κ1) is 21.9. The molecule has 0 bridgehead atoms. The third-order valence-electron chi connectivity index (χ3n) is 6.61. The second-order valence-electron chi connectivity index (χ2n) is 12.2. The summed E-state index contributed by atoms with van der Waals surface area (Å²) < 4.78 is 4.88. The number of imidazole rings is 1. The molecule has 0 unspecified atom stereocenters. The molecule has 5 rings (SSSR count). The van der Waals surface area contributed by atoms with E-state index in [9.17, 15) is 0 Å². The van der Waals surface area contributed by atoms with Crippen LogP contribution in [0.4, 0.5) is 0 Å². The highest BCUT2D eigenvalue weighted by atomic mass is 15.1. The van der Waals surface area contributed by atoms with Gasteiger partial charge in [-0.15, -0.1) is 0 Å². The quantitative estimate of drug-likeness (QED) is 0.213. The molecule has 0 amide bonds. The summed E-state index contributed by atoms with van der Waals surface area (Å²) in [6.45, 7) is 16.1. The van der Waals surface area contributed by atoms with Crippen molar-refractivity contribution in [3.8, 4) is 0 Å². The van der Waals surface area contributed by atoms with E-state index in [4.69, 9.17) is 4.98 Å². The highest BCUT2D eigenvalue weighted by molar-refractivity contribution is 6.12. The molecule has 2 aromatic carbocycles. The Labute approximate surface area is 197 Å². The van der Waals surface area contributed by atoms with Gasteiger partial charge >= 0.3 is 0 Å². The first-order chi connectivity index (χ1) is 15.4. The monoisotopic (exact) mass is 438 g/mol. The van der Waals surface area contributed by atoms with Crippen molar-refractivity contribution in [2.75, 3.05) is 0 Å². The molecule has 3 heterocycles. The SMILES string of the molecule is Cc1ccnc2c3cccc(CC(C)(C)C)c3n3c4cc(CC(C)(C)C)ccc4[n+](C)c3c12. The van der Waals surface area contributed by atoms with Crippen molar-refractivity contribution in [3.05, 3.63) is 65.4 Å². The van der Waals surface area contributed by atoms with Gasteiger partial charge in [-0.05, 0) is 66.0 Å². The normalized spacial score (nSPS) is 13.1. The minimum Gasteiger partial charge on any atom is -0.255 e. The van der Waals surface area contributed by atoms with Crippen molar-refractivity contribution in [2.45, 2.75) is 61.3 Å². The van der Waals surface area contributed by atoms with Crippen LogP contribution in [0.2, 0.25) is 0 Å². The second kappa shape index (κ2) is 7.28. The molecule has 0 aliphatic rings. The van der Waals surface area contributed by atoms with Crippen molar-refractivity contribution in [3.63, 3.8) is 0 Å². The Bertz CT molecular complexity index is 1540. The topological polar surface area (TPSA) is 21.2 Å². The smallest absolute Gasteiger partial charge is 0.255 e. The molecule has 0 radical (unpaired) electrons. The highest BCUT2D eigenvalue weighted by Gasteiger charge is 2.28. The number of benzene rings is 2. The fourth-order valence-electron chi connectivity index (χ4n) is 5.44. The van der Waals surface area contributed by atoms with Crippen molar-refractivity contribution in [2.24, 2.45) is 17.9 Å². The molecule has 3 aromatic heterocycles. The summed E-state index contributed by atoms with van der Waals surface area (Å²) in [6.07, 6.45) is 4.02. The molecular formula is C30H36N3+. The minimum atomic E-state index is 0.193. The van der Waals surface area contributed by atoms with Crippen LogP contribution < -0.4 is 4.57 Å². The number of nitrogens with zero attached hydrogens (tertiary/aromatic N) is 3. The van der Waals surface area contributed by atoms with Gasteiger partial charge in [-0.1, -0.05) is 59.7 Å². The summed E-state index contributed by atoms with van der Waals surface area (Å²) in [6, 6.07) is 15.9. The molecular weight excluding hydrogens is 402 g/mol. The fourth-order valence-corrected chi connectivity index (χ4v) is 5.44. The van der Waals surface area contributed by atoms with Gasteiger partial charge in [-0.25, -0.2) is 4.57 Å². The fraction of sp³-hybridized carbons (Fsp3) is 0.400. The number of fused-ring (bicyclic) bond motifs is 8. The van der Waals surface area contributed by atoms with E-state index in [0.29, 0.717) is 0 Å². The number of pyridine rings is 2. The van der Waals surface area contributed by atoms with Crippen LogP contribution in [0.15, 0.2) is 48.7 Å². The summed E-state index contributed by atoms with van der Waals surface area (Å²) in [5.74, 6) is 0. The average molecular weight is 439 g/mol. The number of hydrogen-bond donors (Lipinski definition) is 0. The molecule has 0 saturated heterocycles. The third-order valence-corrected chi connectivity index (χ3v) is 6.61. The Morgan fingerprint density at radius 1 is 0.909 bits per heavy atom. The number of para-hydroxylation sites is 1. The largest absolute Gasteiger partial charge is 0.297 e. The van der Waals surface area contributed by atoms with E-state index < -0.39 is 0 Å². The summed E-state index contributed by atoms with van der Waals surface area (Å²) in [5.41, 5.74) is 10.6. The zero-order chi connectivity index (χ0) is 23.7. The van der Waals surface area contributed by atoms with Gasteiger partial charge in [-0.3, -0.25) is 4.98 Å². The van der Waals surface area contributed by atoms with Crippen LogP contribution in [-0.4, -0.2) is 9.38 Å². The van der Waals surface area contributed by atoms with Crippen LogP contribution >= 0.6 is 0 Å². The Morgan fingerprint density at radius 3 is 2.33 bits per heavy atom. The lowest BCUT2D eigenvalue weighted by molar-refractivity contribution is -0.617. The molecule has 3 heteroatoms. The molecule has 5 aromatic rings. The molecule has 0 saturated carbocycles. The zero-order valence-corrected chi connectivity index (χ0v) is 21.4. The van der Waals surface area contributed by atoms with Crippen LogP contribution in [0, 0.1) is 17.8 Å². The van der Waals surface area contributed by atoms with E-state index in [-0.39, 0.29) is 10.8 Å². The molecule has 0 spiro atoms. The van der Waals surface area contributed by atoms with Crippen LogP contribution in [0.5, 0.6) is 0 Å². The van der Waals surface area contributed by atoms with Gasteiger partial charge in [0.05, 0.1) is 18.0 Å². The highest BCUT2D eigenvalue weighted by Crippen LogP contribution is 2.36. The maximum absolute atomic E-state index is 4.91. The average Bonchev–Trinajstić information content (AvgIpc) is 2.98. The minimum absolute atomic E-state index is 0.193. The third kappa shape index (κ3) is 3.68. The Balaban J connectivity index is 2.04. The molecule has 0 aliphatic carbocycles. The van der Waals surface area contributed by atoms with Gasteiger partial charge < -0.3 is 0 Å². The molecule has 0 N–H and O–H groups in total. The predicted molar refractivity (Wildman–Crippen MR) is 140 cm³/mol. The lowest BCUT2D eigenvalue weighted by atomic mass is 9.87. The lowest BCUT2D eigenvalue weighted by Crippen LogP contribution is -2.27. The first-order valence-electron chi connectivity index (χ1n) is 12.1. The molecule has 3 nitrogen and oxygen atoms in total. The second-order valence-corrected chi connectivity index (χ2v) is 12.2. The number of aromatic nitrogens is 3. The van der Waals surface area contributed by atoms with Gasteiger partial charge in [0.15, 0.2) is 11.0 Å². The Morgan fingerprint density at radius 2 is 1.64 bits per heavy atom. The standard InChI is InChI=1S/C30H36N3/c1-19-14-15-31-26-22-11-9-10-21(18-30(5,6)7)27(22)33-24-16-20(17-29(2,3)4)12-13-23(24)32(8)28(33)25(19)26/h9-16H,17-18H2,1-8H3/q+1. The van der Waals surface area contributed by atoms with Crippen molar-refractivity contribution in [1.82, 2.24) is 9.38 Å². The van der Waals surface area contributed by atoms with Gasteiger partial charge in [0, 0.05) is 17.1 Å². The summed E-state index contributed by atoms with van der Waals surface area (Å²) >= 11 is 0. The molecule has 0 atom stereocenters. The van der Waals surface area contributed by atoms with Gasteiger partial charge in [-0.2, -0.15) is 4.40 Å². The molecule has 0 aliphatic heterocycles. The van der Waals surface area contributed by atoms with Crippen LogP contribution in [0.25, 0.3) is 38.5 Å². The van der Waals surface area contributed by atoms with Crippen molar-refractivity contribution < 1.29 is 4.57 Å². The van der Waals surface area contributed by atoms with E-state index in [2.05, 4.69) is 107 Å². The molecule has 33 heavy (non-hydrogen) atoms. The Hall–Kier alpha value is -2.94. The molecule has 170 valence electrons. The van der Waals surface area contributed by atoms with Crippen molar-refractivity contribution in [1.29, 1.82) is 0 Å². The first-order valence-corrected chi connectivity index (χ1v) is 12.1. The number of rotatable bonds is 2. The predicted octanol–water partition coefficient (Wildman–Crippen LogP) is 7.10. The summed E-state index contributed by atoms with van der Waals surface area (Å²) in [4.78, 5) is 4.91. The van der Waals surface area contributed by atoms with Crippen molar-refractivity contribution >= 4 is 38.5 Å². The molecule has 0 fully saturated rings. The number of aryl methyl sites for hydroxylation is 2. The zero-order valence-electron chi connectivity index (χ0n) is 21.4. The lowest BCUT2D eigenvalue weighted by Gasteiger charge is -2.19. The van der Waals surface area contributed by atoms with E-state index in [1.54, 1.807) is 0 Å². The van der Waals surface area contributed by atoms with E-state index in [1.165, 1.54) is 49.7 Å². The van der Waals surface area contributed by atoms with E-state index in [1.807, 2.05) is 6.20 Å². The van der Waals surface area contributed by atoms with Gasteiger partial charge in [0.25, 0.3) is 5.65 Å². The maximum atomic E-state index is 4.91. The number of hydrogen-bond acceptors (Lipinski definition) is 1. The van der Waals surface area contributed by atoms with Crippen LogP contribution in [-0.2, 0) is 19.9 Å². The van der Waals surface area contributed by atoms with Crippen LogP contribution in [0.1, 0.15) is 58.2 Å². The van der Waals surface area contributed by atoms with E-state index >= 15 is 0 Å². The summed E-state index contributed by atoms with van der Waals surface area (Å²) in [5, 5.41) is 2.48. The maximum Gasteiger partial charge on any atom is 0.297 e.